The maximum atomic E-state index is 10.4. The van der Waals surface area contributed by atoms with Gasteiger partial charge in [-0.05, 0) is 37.1 Å². The van der Waals surface area contributed by atoms with E-state index in [1.807, 2.05) is 12.1 Å². The Morgan fingerprint density at radius 3 is 2.55 bits per heavy atom. The maximum Gasteiger partial charge on any atom is 0.247 e. The summed E-state index contributed by atoms with van der Waals surface area (Å²) in [6.07, 6.45) is 1.60. The van der Waals surface area contributed by atoms with Gasteiger partial charge in [-0.1, -0.05) is 11.6 Å². The Hall–Kier alpha value is -1.95. The minimum atomic E-state index is 0.196. The summed E-state index contributed by atoms with van der Waals surface area (Å²) >= 11 is 5.85. The number of piperidine rings is 1. The van der Waals surface area contributed by atoms with E-state index in [2.05, 4.69) is 15.5 Å². The van der Waals surface area contributed by atoms with Crippen LogP contribution < -0.4 is 0 Å². The second-order valence-electron chi connectivity index (χ2n) is 4.76. The predicted octanol–water partition coefficient (Wildman–Crippen LogP) is 3.25. The molecule has 0 spiro atoms. The van der Waals surface area contributed by atoms with Crippen LogP contribution in [0.5, 0.6) is 0 Å². The number of benzene rings is 1. The summed E-state index contributed by atoms with van der Waals surface area (Å²) < 4.78 is 5.73. The van der Waals surface area contributed by atoms with E-state index in [9.17, 15) is 4.91 Å². The van der Waals surface area contributed by atoms with Gasteiger partial charge < -0.3 is 4.42 Å². The molecule has 0 radical (unpaired) electrons. The van der Waals surface area contributed by atoms with Crippen LogP contribution in [0.1, 0.15) is 24.7 Å². The fourth-order valence-electron chi connectivity index (χ4n) is 2.30. The van der Waals surface area contributed by atoms with Crippen LogP contribution in [0.4, 0.5) is 0 Å². The van der Waals surface area contributed by atoms with E-state index in [-0.39, 0.29) is 5.92 Å². The van der Waals surface area contributed by atoms with Gasteiger partial charge in [0, 0.05) is 29.6 Å². The Morgan fingerprint density at radius 1 is 1.20 bits per heavy atom. The zero-order valence-electron chi connectivity index (χ0n) is 10.7. The van der Waals surface area contributed by atoms with Crippen LogP contribution in [0.25, 0.3) is 11.5 Å². The zero-order valence-corrected chi connectivity index (χ0v) is 11.5. The van der Waals surface area contributed by atoms with Crippen LogP contribution in [0, 0.1) is 4.91 Å². The molecular weight excluding hydrogens is 280 g/mol. The molecule has 0 saturated carbocycles. The summed E-state index contributed by atoms with van der Waals surface area (Å²) in [6, 6.07) is 7.26. The van der Waals surface area contributed by atoms with Gasteiger partial charge in [-0.15, -0.1) is 15.1 Å². The molecule has 2 aromatic rings. The van der Waals surface area contributed by atoms with Crippen LogP contribution in [0.2, 0.25) is 5.02 Å². The molecule has 3 rings (SSSR count). The Kier molecular flexibility index (Phi) is 3.64. The molecule has 0 N–H and O–H groups in total. The standard InChI is InChI=1S/C13H13ClN4O2/c14-11-3-1-9(2-4-11)12-15-16-13(20-12)10-5-7-18(17-19)8-6-10/h1-4,10H,5-8H2. The Bertz CT molecular complexity index is 591. The molecule has 0 unspecified atom stereocenters. The van der Waals surface area contributed by atoms with Gasteiger partial charge in [0.1, 0.15) is 0 Å². The van der Waals surface area contributed by atoms with Crippen molar-refractivity contribution in [3.8, 4) is 11.5 Å². The van der Waals surface area contributed by atoms with Crippen molar-refractivity contribution < 1.29 is 4.42 Å². The van der Waals surface area contributed by atoms with Gasteiger partial charge >= 0.3 is 0 Å². The Morgan fingerprint density at radius 2 is 1.90 bits per heavy atom. The van der Waals surface area contributed by atoms with E-state index >= 15 is 0 Å². The number of hydrogen-bond acceptors (Lipinski definition) is 5. The molecule has 7 heteroatoms. The van der Waals surface area contributed by atoms with Gasteiger partial charge in [-0.3, -0.25) is 5.01 Å². The van der Waals surface area contributed by atoms with Crippen molar-refractivity contribution in [3.63, 3.8) is 0 Å². The first-order valence-electron chi connectivity index (χ1n) is 6.44. The van der Waals surface area contributed by atoms with Gasteiger partial charge in [0.05, 0.1) is 5.29 Å². The fourth-order valence-corrected chi connectivity index (χ4v) is 2.43. The summed E-state index contributed by atoms with van der Waals surface area (Å²) in [5, 5.41) is 13.3. The smallest absolute Gasteiger partial charge is 0.247 e. The summed E-state index contributed by atoms with van der Waals surface area (Å²) in [6.45, 7) is 1.26. The van der Waals surface area contributed by atoms with E-state index in [1.54, 1.807) is 12.1 Å². The molecule has 20 heavy (non-hydrogen) atoms. The fraction of sp³-hybridized carbons (Fsp3) is 0.385. The number of aromatic nitrogens is 2. The SMILES string of the molecule is O=NN1CCC(c2nnc(-c3ccc(Cl)cc3)o2)CC1. The van der Waals surface area contributed by atoms with Crippen LogP contribution >= 0.6 is 11.6 Å². The normalized spacial score (nSPS) is 16.4. The van der Waals surface area contributed by atoms with Crippen molar-refractivity contribution in [2.24, 2.45) is 5.29 Å². The average Bonchev–Trinajstić information content (AvgIpc) is 2.98. The second-order valence-corrected chi connectivity index (χ2v) is 5.20. The molecule has 1 aromatic carbocycles. The Balaban J connectivity index is 1.74. The van der Waals surface area contributed by atoms with Crippen molar-refractivity contribution in [1.29, 1.82) is 0 Å². The molecule has 0 atom stereocenters. The molecule has 1 saturated heterocycles. The molecule has 1 aromatic heterocycles. The molecule has 104 valence electrons. The highest BCUT2D eigenvalue weighted by Crippen LogP contribution is 2.29. The molecule has 1 aliphatic heterocycles. The highest BCUT2D eigenvalue weighted by molar-refractivity contribution is 6.30. The van der Waals surface area contributed by atoms with Gasteiger partial charge in [0.2, 0.25) is 11.8 Å². The number of halogens is 1. The van der Waals surface area contributed by atoms with Crippen LogP contribution in [0.15, 0.2) is 34.0 Å². The largest absolute Gasteiger partial charge is 0.420 e. The number of nitroso groups, excluding NO2 is 1. The quantitative estimate of drug-likeness (QED) is 0.812. The second kappa shape index (κ2) is 5.58. The molecule has 0 amide bonds. The lowest BCUT2D eigenvalue weighted by Gasteiger charge is -2.25. The minimum absolute atomic E-state index is 0.196. The molecule has 2 heterocycles. The number of hydrogen-bond donors (Lipinski definition) is 0. The van der Waals surface area contributed by atoms with Gasteiger partial charge in [0.25, 0.3) is 0 Å². The molecule has 0 bridgehead atoms. The lowest BCUT2D eigenvalue weighted by Crippen LogP contribution is -2.28. The lowest BCUT2D eigenvalue weighted by atomic mass is 9.98. The molecule has 1 fully saturated rings. The van der Waals surface area contributed by atoms with Crippen LogP contribution in [-0.4, -0.2) is 28.3 Å². The average molecular weight is 293 g/mol. The van der Waals surface area contributed by atoms with Crippen molar-refractivity contribution in [3.05, 3.63) is 40.1 Å². The summed E-state index contributed by atoms with van der Waals surface area (Å²) in [4.78, 5) is 10.4. The van der Waals surface area contributed by atoms with Crippen molar-refractivity contribution in [1.82, 2.24) is 15.2 Å². The van der Waals surface area contributed by atoms with E-state index in [1.165, 1.54) is 5.01 Å². The van der Waals surface area contributed by atoms with E-state index < -0.39 is 0 Å². The van der Waals surface area contributed by atoms with Crippen molar-refractivity contribution in [2.45, 2.75) is 18.8 Å². The third kappa shape index (κ3) is 2.65. The monoisotopic (exact) mass is 292 g/mol. The first kappa shape index (κ1) is 13.1. The van der Waals surface area contributed by atoms with E-state index in [0.717, 1.165) is 18.4 Å². The maximum absolute atomic E-state index is 10.4. The van der Waals surface area contributed by atoms with E-state index in [4.69, 9.17) is 16.0 Å². The molecule has 1 aliphatic rings. The summed E-state index contributed by atoms with van der Waals surface area (Å²) in [5.41, 5.74) is 0.847. The highest BCUT2D eigenvalue weighted by Gasteiger charge is 2.25. The zero-order chi connectivity index (χ0) is 13.9. The third-order valence-corrected chi connectivity index (χ3v) is 3.72. The van der Waals surface area contributed by atoms with Crippen molar-refractivity contribution in [2.75, 3.05) is 13.1 Å². The highest BCUT2D eigenvalue weighted by atomic mass is 35.5. The van der Waals surface area contributed by atoms with Gasteiger partial charge in [-0.25, -0.2) is 0 Å². The number of nitrogens with zero attached hydrogens (tertiary/aromatic N) is 4. The minimum Gasteiger partial charge on any atom is -0.420 e. The summed E-state index contributed by atoms with van der Waals surface area (Å²) in [7, 11) is 0. The molecule has 6 nitrogen and oxygen atoms in total. The van der Waals surface area contributed by atoms with Crippen molar-refractivity contribution >= 4 is 11.6 Å². The predicted molar refractivity (Wildman–Crippen MR) is 74.1 cm³/mol. The third-order valence-electron chi connectivity index (χ3n) is 3.47. The first-order chi connectivity index (χ1) is 9.76. The summed E-state index contributed by atoms with van der Waals surface area (Å²) in [5.74, 6) is 1.31. The number of rotatable bonds is 3. The molecular formula is C13H13ClN4O2. The van der Waals surface area contributed by atoms with E-state index in [0.29, 0.717) is 29.9 Å². The molecule has 0 aliphatic carbocycles. The Labute approximate surface area is 120 Å². The lowest BCUT2D eigenvalue weighted by molar-refractivity contribution is 0.205. The van der Waals surface area contributed by atoms with Gasteiger partial charge in [0.15, 0.2) is 0 Å². The first-order valence-corrected chi connectivity index (χ1v) is 6.81. The topological polar surface area (TPSA) is 71.6 Å². The van der Waals surface area contributed by atoms with Gasteiger partial charge in [-0.2, -0.15) is 0 Å². The van der Waals surface area contributed by atoms with Crippen LogP contribution in [0.3, 0.4) is 0 Å². The van der Waals surface area contributed by atoms with Crippen LogP contribution in [-0.2, 0) is 0 Å².